The van der Waals surface area contributed by atoms with Gasteiger partial charge in [-0.25, -0.2) is 0 Å². The number of amides is 1. The SMILES string of the molecule is Cc1nnc(C(=O)NC23CCC4C(CCC5C4(C)CCC4C(C)(C)C(OC(=O)CC(C)(C)CC(=O)O)CCC45C)C2=C(C(C)C)C(=O)C3)o1. The Morgan fingerprint density at radius 1 is 0.959 bits per heavy atom. The number of hydrogen-bond acceptors (Lipinski definition) is 8. The second kappa shape index (κ2) is 12.0. The van der Waals surface area contributed by atoms with E-state index in [1.165, 1.54) is 5.57 Å². The Morgan fingerprint density at radius 2 is 1.65 bits per heavy atom. The first-order valence-corrected chi connectivity index (χ1v) is 18.6. The summed E-state index contributed by atoms with van der Waals surface area (Å²) in [7, 11) is 0. The third-order valence-corrected chi connectivity index (χ3v) is 14.1. The molecule has 49 heavy (non-hydrogen) atoms. The molecule has 8 atom stereocenters. The van der Waals surface area contributed by atoms with E-state index in [0.717, 1.165) is 50.5 Å². The highest BCUT2D eigenvalue weighted by Crippen LogP contribution is 2.72. The molecule has 2 N–H and O–H groups in total. The van der Waals surface area contributed by atoms with E-state index in [-0.39, 0.29) is 64.7 Å². The zero-order valence-corrected chi connectivity index (χ0v) is 31.0. The molecular weight excluding hydrogens is 622 g/mol. The van der Waals surface area contributed by atoms with Gasteiger partial charge in [0.2, 0.25) is 5.89 Å². The summed E-state index contributed by atoms with van der Waals surface area (Å²) in [5.41, 5.74) is 0.632. The average Bonchev–Trinajstić information content (AvgIpc) is 3.53. The van der Waals surface area contributed by atoms with Crippen LogP contribution in [0.25, 0.3) is 0 Å². The van der Waals surface area contributed by atoms with E-state index >= 15 is 0 Å². The lowest BCUT2D eigenvalue weighted by Crippen LogP contribution is -2.64. The van der Waals surface area contributed by atoms with Crippen LogP contribution in [0.15, 0.2) is 15.6 Å². The lowest BCUT2D eigenvalue weighted by atomic mass is 9.37. The molecule has 6 rings (SSSR count). The topological polar surface area (TPSA) is 149 Å². The summed E-state index contributed by atoms with van der Waals surface area (Å²) in [6.07, 6.45) is 7.71. The summed E-state index contributed by atoms with van der Waals surface area (Å²) in [5, 5.41) is 20.4. The molecule has 1 heterocycles. The number of hydrogen-bond donors (Lipinski definition) is 2. The molecule has 10 heteroatoms. The maximum absolute atomic E-state index is 13.8. The highest BCUT2D eigenvalue weighted by Gasteiger charge is 2.67. The number of rotatable bonds is 8. The number of carbonyl (C=O) groups is 4. The molecule has 0 saturated heterocycles. The summed E-state index contributed by atoms with van der Waals surface area (Å²) >= 11 is 0. The van der Waals surface area contributed by atoms with Gasteiger partial charge in [-0.05, 0) is 108 Å². The van der Waals surface area contributed by atoms with Gasteiger partial charge in [0, 0.05) is 18.8 Å². The van der Waals surface area contributed by atoms with E-state index in [0.29, 0.717) is 36.5 Å². The van der Waals surface area contributed by atoms with Crippen LogP contribution in [-0.2, 0) is 19.1 Å². The van der Waals surface area contributed by atoms with E-state index < -0.39 is 22.8 Å². The van der Waals surface area contributed by atoms with Crippen molar-refractivity contribution < 1.29 is 33.4 Å². The van der Waals surface area contributed by atoms with Gasteiger partial charge in [-0.1, -0.05) is 55.4 Å². The predicted octanol–water partition coefficient (Wildman–Crippen LogP) is 7.25. The number of ether oxygens (including phenoxy) is 1. The van der Waals surface area contributed by atoms with E-state index in [1.54, 1.807) is 6.92 Å². The highest BCUT2D eigenvalue weighted by atomic mass is 16.5. The summed E-state index contributed by atoms with van der Waals surface area (Å²) in [6.45, 7) is 19.0. The second-order valence-electron chi connectivity index (χ2n) is 18.5. The third-order valence-electron chi connectivity index (χ3n) is 14.1. The molecular formula is C39H57N3O7. The molecule has 8 unspecified atom stereocenters. The van der Waals surface area contributed by atoms with Gasteiger partial charge in [0.15, 0.2) is 5.78 Å². The van der Waals surface area contributed by atoms with Gasteiger partial charge < -0.3 is 19.6 Å². The van der Waals surface area contributed by atoms with E-state index in [2.05, 4.69) is 57.1 Å². The number of aromatic nitrogens is 2. The van der Waals surface area contributed by atoms with Crippen molar-refractivity contribution in [1.82, 2.24) is 15.5 Å². The normalized spacial score (nSPS) is 36.8. The van der Waals surface area contributed by atoms with Gasteiger partial charge in [0.25, 0.3) is 0 Å². The number of Topliss-reactive ketones (excluding diaryl/α,β-unsaturated/α-hetero) is 1. The van der Waals surface area contributed by atoms with Crippen molar-refractivity contribution in [2.75, 3.05) is 0 Å². The van der Waals surface area contributed by atoms with Gasteiger partial charge in [0.05, 0.1) is 18.4 Å². The summed E-state index contributed by atoms with van der Waals surface area (Å²) in [6, 6.07) is 0. The number of nitrogens with zero attached hydrogens (tertiary/aromatic N) is 2. The quantitative estimate of drug-likeness (QED) is 0.271. The minimum absolute atomic E-state index is 0.0615. The number of carbonyl (C=O) groups excluding carboxylic acids is 3. The summed E-state index contributed by atoms with van der Waals surface area (Å²) < 4.78 is 11.7. The number of carboxylic acid groups (broad SMARTS) is 1. The van der Waals surface area contributed by atoms with Crippen molar-refractivity contribution >= 4 is 23.6 Å². The minimum Gasteiger partial charge on any atom is -0.481 e. The molecule has 5 aliphatic carbocycles. The van der Waals surface area contributed by atoms with Gasteiger partial charge >= 0.3 is 23.7 Å². The lowest BCUT2D eigenvalue weighted by Gasteiger charge is -2.68. The Bertz CT molecular complexity index is 1570. The molecule has 1 aromatic rings. The number of aliphatic carboxylic acids is 1. The molecule has 0 aliphatic heterocycles. The van der Waals surface area contributed by atoms with Gasteiger partial charge in [-0.2, -0.15) is 0 Å². The molecule has 1 aromatic heterocycles. The fraction of sp³-hybridized carbons (Fsp3) is 0.795. The Balaban J connectivity index is 1.25. The third kappa shape index (κ3) is 5.86. The van der Waals surface area contributed by atoms with Crippen molar-refractivity contribution in [2.24, 2.45) is 51.2 Å². The van der Waals surface area contributed by atoms with Crippen LogP contribution < -0.4 is 5.32 Å². The molecule has 0 bridgehead atoms. The van der Waals surface area contributed by atoms with Crippen molar-refractivity contribution in [2.45, 2.75) is 145 Å². The maximum Gasteiger partial charge on any atom is 0.309 e. The molecule has 0 spiro atoms. The number of fused-ring (bicyclic) bond motifs is 7. The first kappa shape index (κ1) is 35.8. The van der Waals surface area contributed by atoms with Crippen LogP contribution >= 0.6 is 0 Å². The molecule has 10 nitrogen and oxygen atoms in total. The van der Waals surface area contributed by atoms with Crippen LogP contribution in [-0.4, -0.2) is 50.6 Å². The number of aryl methyl sites for hydroxylation is 1. The maximum atomic E-state index is 13.8. The Kier molecular flexibility index (Phi) is 8.79. The first-order chi connectivity index (χ1) is 22.7. The summed E-state index contributed by atoms with van der Waals surface area (Å²) in [5.74, 6) is 0.373. The lowest BCUT2D eigenvalue weighted by molar-refractivity contribution is -0.213. The van der Waals surface area contributed by atoms with Crippen molar-refractivity contribution in [1.29, 1.82) is 0 Å². The summed E-state index contributed by atoms with van der Waals surface area (Å²) in [4.78, 5) is 51.7. The van der Waals surface area contributed by atoms with Crippen LogP contribution in [0.1, 0.15) is 143 Å². The van der Waals surface area contributed by atoms with Crippen molar-refractivity contribution in [3.8, 4) is 0 Å². The number of esters is 1. The number of allylic oxidation sites excluding steroid dienone is 1. The first-order valence-electron chi connectivity index (χ1n) is 18.6. The second-order valence-corrected chi connectivity index (χ2v) is 18.5. The van der Waals surface area contributed by atoms with Crippen LogP contribution in [0.5, 0.6) is 0 Å². The fourth-order valence-corrected chi connectivity index (χ4v) is 12.3. The molecule has 0 aromatic carbocycles. The van der Waals surface area contributed by atoms with Crippen LogP contribution in [0.4, 0.5) is 0 Å². The molecule has 1 amide bonds. The van der Waals surface area contributed by atoms with E-state index in [9.17, 15) is 24.3 Å². The zero-order valence-electron chi connectivity index (χ0n) is 31.0. The van der Waals surface area contributed by atoms with Crippen molar-refractivity contribution in [3.05, 3.63) is 22.9 Å². The average molecular weight is 680 g/mol. The number of ketones is 1. The predicted molar refractivity (Wildman–Crippen MR) is 182 cm³/mol. The Morgan fingerprint density at radius 3 is 2.29 bits per heavy atom. The largest absolute Gasteiger partial charge is 0.481 e. The van der Waals surface area contributed by atoms with E-state index in [1.807, 2.05) is 13.8 Å². The van der Waals surface area contributed by atoms with Crippen LogP contribution in [0, 0.1) is 58.2 Å². The fourth-order valence-electron chi connectivity index (χ4n) is 12.3. The molecule has 270 valence electrons. The molecule has 4 saturated carbocycles. The van der Waals surface area contributed by atoms with Gasteiger partial charge in [0.1, 0.15) is 6.10 Å². The van der Waals surface area contributed by atoms with Crippen LogP contribution in [0.2, 0.25) is 0 Å². The number of carboxylic acids is 1. The number of nitrogens with one attached hydrogen (secondary N) is 1. The smallest absolute Gasteiger partial charge is 0.309 e. The Hall–Kier alpha value is -3.04. The van der Waals surface area contributed by atoms with Gasteiger partial charge in [-0.3, -0.25) is 19.2 Å². The van der Waals surface area contributed by atoms with Gasteiger partial charge in [-0.15, -0.1) is 10.2 Å². The minimum atomic E-state index is -0.907. The van der Waals surface area contributed by atoms with Crippen LogP contribution in [0.3, 0.4) is 0 Å². The highest BCUT2D eigenvalue weighted by molar-refractivity contribution is 6.03. The standard InChI is InChI=1S/C39H57N3O7/c1-21(2)31-25(43)18-39(40-33(47)34-42-41-22(3)48-34)17-12-24-23(32(31)39)10-11-27-37(24,8)15-13-26-36(6,7)28(14-16-38(26,27)9)49-30(46)20-35(4,5)19-29(44)45/h21,23-24,26-28H,10-20H2,1-9H3,(H,40,47)(H,44,45). The molecule has 0 radical (unpaired) electrons. The monoisotopic (exact) mass is 679 g/mol. The van der Waals surface area contributed by atoms with E-state index in [4.69, 9.17) is 9.15 Å². The van der Waals surface area contributed by atoms with Crippen molar-refractivity contribution in [3.63, 3.8) is 0 Å². The molecule has 5 aliphatic rings. The molecule has 4 fully saturated rings. The zero-order chi connectivity index (χ0) is 35.9. The Labute approximate surface area is 291 Å².